The molecule has 0 unspecified atom stereocenters. The molecular formula is C14H15NOS2. The molecule has 1 aromatic carbocycles. The Hall–Kier alpha value is -0.840. The highest BCUT2D eigenvalue weighted by Crippen LogP contribution is 2.26. The van der Waals surface area contributed by atoms with Crippen LogP contribution >= 0.6 is 23.1 Å². The van der Waals surface area contributed by atoms with Crippen LogP contribution in [0.15, 0.2) is 29.6 Å². The molecule has 1 fully saturated rings. The van der Waals surface area contributed by atoms with Crippen LogP contribution in [0.5, 0.6) is 0 Å². The molecule has 1 saturated heterocycles. The van der Waals surface area contributed by atoms with Crippen molar-refractivity contribution >= 4 is 39.0 Å². The van der Waals surface area contributed by atoms with E-state index in [0.717, 1.165) is 35.5 Å². The highest BCUT2D eigenvalue weighted by molar-refractivity contribution is 7.99. The Morgan fingerprint density at radius 1 is 1.22 bits per heavy atom. The standard InChI is InChI=1S/C14H15NOS2/c16-13(9-15-5-7-17-8-6-15)12-10-18-14-4-2-1-3-11(12)14/h1-4,10H,5-9H2. The molecule has 4 heteroatoms. The van der Waals surface area contributed by atoms with Crippen molar-refractivity contribution in [1.29, 1.82) is 0 Å². The Bertz CT molecular complexity index is 558. The Balaban J connectivity index is 1.79. The number of fused-ring (bicyclic) bond motifs is 1. The zero-order valence-electron chi connectivity index (χ0n) is 10.1. The lowest BCUT2D eigenvalue weighted by Crippen LogP contribution is -2.36. The number of thiophene rings is 1. The van der Waals surface area contributed by atoms with E-state index in [9.17, 15) is 4.79 Å². The number of thioether (sulfide) groups is 1. The molecule has 2 heterocycles. The molecule has 3 rings (SSSR count). The summed E-state index contributed by atoms with van der Waals surface area (Å²) in [5.41, 5.74) is 0.897. The molecule has 18 heavy (non-hydrogen) atoms. The van der Waals surface area contributed by atoms with Gasteiger partial charge >= 0.3 is 0 Å². The van der Waals surface area contributed by atoms with Gasteiger partial charge in [-0.1, -0.05) is 18.2 Å². The summed E-state index contributed by atoms with van der Waals surface area (Å²) in [6.07, 6.45) is 0. The molecule has 0 spiro atoms. The Labute approximate surface area is 115 Å². The van der Waals surface area contributed by atoms with Gasteiger partial charge in [-0.05, 0) is 6.07 Å². The monoisotopic (exact) mass is 277 g/mol. The summed E-state index contributed by atoms with van der Waals surface area (Å²) >= 11 is 3.64. The van der Waals surface area contributed by atoms with Gasteiger partial charge in [0.05, 0.1) is 6.54 Å². The van der Waals surface area contributed by atoms with Crippen LogP contribution in [0.3, 0.4) is 0 Å². The predicted molar refractivity (Wildman–Crippen MR) is 79.9 cm³/mol. The van der Waals surface area contributed by atoms with Crippen molar-refractivity contribution in [2.75, 3.05) is 31.1 Å². The number of rotatable bonds is 3. The van der Waals surface area contributed by atoms with Crippen molar-refractivity contribution in [2.45, 2.75) is 0 Å². The maximum atomic E-state index is 12.3. The van der Waals surface area contributed by atoms with Gasteiger partial charge in [0.2, 0.25) is 0 Å². The number of hydrogen-bond acceptors (Lipinski definition) is 4. The number of benzene rings is 1. The van der Waals surface area contributed by atoms with Crippen LogP contribution in [0, 0.1) is 0 Å². The van der Waals surface area contributed by atoms with E-state index in [-0.39, 0.29) is 5.78 Å². The number of carbonyl (C=O) groups is 1. The van der Waals surface area contributed by atoms with Crippen LogP contribution in [-0.4, -0.2) is 41.8 Å². The summed E-state index contributed by atoms with van der Waals surface area (Å²) in [6, 6.07) is 8.15. The van der Waals surface area contributed by atoms with Crippen LogP contribution in [0.2, 0.25) is 0 Å². The predicted octanol–water partition coefficient (Wildman–Crippen LogP) is 3.13. The first kappa shape index (κ1) is 12.2. The molecular weight excluding hydrogens is 262 g/mol. The van der Waals surface area contributed by atoms with Crippen LogP contribution in [0.4, 0.5) is 0 Å². The number of hydrogen-bond donors (Lipinski definition) is 0. The number of ketones is 1. The highest BCUT2D eigenvalue weighted by atomic mass is 32.2. The minimum Gasteiger partial charge on any atom is -0.294 e. The number of carbonyl (C=O) groups excluding carboxylic acids is 1. The Morgan fingerprint density at radius 2 is 2.00 bits per heavy atom. The maximum absolute atomic E-state index is 12.3. The molecule has 1 aromatic heterocycles. The molecule has 1 aliphatic rings. The van der Waals surface area contributed by atoms with Crippen molar-refractivity contribution in [3.8, 4) is 0 Å². The van der Waals surface area contributed by atoms with Gasteiger partial charge in [-0.15, -0.1) is 11.3 Å². The lowest BCUT2D eigenvalue weighted by Gasteiger charge is -2.25. The summed E-state index contributed by atoms with van der Waals surface area (Å²) in [7, 11) is 0. The average Bonchev–Trinajstić information content (AvgIpc) is 2.84. The largest absolute Gasteiger partial charge is 0.294 e. The van der Waals surface area contributed by atoms with Crippen LogP contribution < -0.4 is 0 Å². The molecule has 0 aliphatic carbocycles. The minimum atomic E-state index is 0.263. The fourth-order valence-electron chi connectivity index (χ4n) is 2.24. The molecule has 2 aromatic rings. The van der Waals surface area contributed by atoms with Gasteiger partial charge in [-0.2, -0.15) is 11.8 Å². The summed E-state index contributed by atoms with van der Waals surface area (Å²) in [6.45, 7) is 2.65. The van der Waals surface area contributed by atoms with E-state index in [1.54, 1.807) is 11.3 Å². The van der Waals surface area contributed by atoms with Crippen molar-refractivity contribution < 1.29 is 4.79 Å². The van der Waals surface area contributed by atoms with E-state index < -0.39 is 0 Å². The van der Waals surface area contributed by atoms with Gasteiger partial charge in [-0.3, -0.25) is 9.69 Å². The summed E-state index contributed by atoms with van der Waals surface area (Å²) in [4.78, 5) is 14.6. The number of nitrogens with zero attached hydrogens (tertiary/aromatic N) is 1. The third kappa shape index (κ3) is 2.46. The highest BCUT2D eigenvalue weighted by Gasteiger charge is 2.17. The Morgan fingerprint density at radius 3 is 2.83 bits per heavy atom. The van der Waals surface area contributed by atoms with Gasteiger partial charge in [0.15, 0.2) is 5.78 Å². The van der Waals surface area contributed by atoms with Crippen LogP contribution in [-0.2, 0) is 0 Å². The molecule has 0 radical (unpaired) electrons. The van der Waals surface area contributed by atoms with Gasteiger partial charge in [0.1, 0.15) is 0 Å². The van der Waals surface area contributed by atoms with E-state index in [1.165, 1.54) is 4.70 Å². The van der Waals surface area contributed by atoms with Gasteiger partial charge < -0.3 is 0 Å². The van der Waals surface area contributed by atoms with Gasteiger partial charge in [0, 0.05) is 45.6 Å². The van der Waals surface area contributed by atoms with Crippen molar-refractivity contribution in [1.82, 2.24) is 4.90 Å². The second-order valence-corrected chi connectivity index (χ2v) is 6.59. The van der Waals surface area contributed by atoms with Gasteiger partial charge in [-0.25, -0.2) is 0 Å². The first-order chi connectivity index (χ1) is 8.84. The summed E-state index contributed by atoms with van der Waals surface area (Å²) in [5.74, 6) is 2.56. The third-order valence-corrected chi connectivity index (χ3v) is 5.16. The van der Waals surface area contributed by atoms with Gasteiger partial charge in [0.25, 0.3) is 0 Å². The van der Waals surface area contributed by atoms with Crippen LogP contribution in [0.25, 0.3) is 10.1 Å². The number of Topliss-reactive ketones (excluding diaryl/α,β-unsaturated/α-hetero) is 1. The lowest BCUT2D eigenvalue weighted by molar-refractivity contribution is 0.0939. The molecule has 0 bridgehead atoms. The third-order valence-electron chi connectivity index (χ3n) is 3.25. The topological polar surface area (TPSA) is 20.3 Å². The van der Waals surface area contributed by atoms with Crippen molar-refractivity contribution in [3.05, 3.63) is 35.2 Å². The first-order valence-electron chi connectivity index (χ1n) is 6.14. The van der Waals surface area contributed by atoms with E-state index in [1.807, 2.05) is 35.3 Å². The SMILES string of the molecule is O=C(CN1CCSCC1)c1csc2ccccc12. The smallest absolute Gasteiger partial charge is 0.178 e. The molecule has 0 N–H and O–H groups in total. The Kier molecular flexibility index (Phi) is 3.68. The first-order valence-corrected chi connectivity index (χ1v) is 8.17. The molecule has 94 valence electrons. The molecule has 0 saturated carbocycles. The average molecular weight is 277 g/mol. The molecule has 1 aliphatic heterocycles. The maximum Gasteiger partial charge on any atom is 0.178 e. The van der Waals surface area contributed by atoms with E-state index in [4.69, 9.17) is 0 Å². The fraction of sp³-hybridized carbons (Fsp3) is 0.357. The van der Waals surface area contributed by atoms with E-state index >= 15 is 0 Å². The summed E-state index contributed by atoms with van der Waals surface area (Å²) in [5, 5.41) is 3.12. The lowest BCUT2D eigenvalue weighted by atomic mass is 10.1. The van der Waals surface area contributed by atoms with Crippen LogP contribution in [0.1, 0.15) is 10.4 Å². The van der Waals surface area contributed by atoms with Crippen molar-refractivity contribution in [3.63, 3.8) is 0 Å². The molecule has 0 atom stereocenters. The zero-order chi connectivity index (χ0) is 12.4. The minimum absolute atomic E-state index is 0.263. The van der Waals surface area contributed by atoms with Crippen molar-refractivity contribution in [2.24, 2.45) is 0 Å². The second-order valence-electron chi connectivity index (χ2n) is 4.46. The second kappa shape index (κ2) is 5.43. The summed E-state index contributed by atoms with van der Waals surface area (Å²) < 4.78 is 1.20. The van der Waals surface area contributed by atoms with E-state index in [2.05, 4.69) is 11.0 Å². The fourth-order valence-corrected chi connectivity index (χ4v) is 4.19. The quantitative estimate of drug-likeness (QED) is 0.804. The normalized spacial score (nSPS) is 17.1. The molecule has 0 amide bonds. The molecule has 2 nitrogen and oxygen atoms in total. The zero-order valence-corrected chi connectivity index (χ0v) is 11.7. The van der Waals surface area contributed by atoms with E-state index in [0.29, 0.717) is 6.54 Å².